The molecule has 0 bridgehead atoms. The summed E-state index contributed by atoms with van der Waals surface area (Å²) < 4.78 is 19.5. The number of carboxylic acid groups (broad SMARTS) is 2. The number of allylic oxidation sites excluding steroid dienone is 1. The topological polar surface area (TPSA) is 126 Å². The lowest BCUT2D eigenvalue weighted by Gasteiger charge is -2.15. The first-order valence-electron chi connectivity index (χ1n) is 10.5. The van der Waals surface area contributed by atoms with E-state index in [0.717, 1.165) is 70.9 Å². The molecule has 0 radical (unpaired) electrons. The van der Waals surface area contributed by atoms with Gasteiger partial charge in [-0.25, -0.2) is 9.18 Å². The summed E-state index contributed by atoms with van der Waals surface area (Å²) >= 11 is 1.46. The SMILES string of the molecule is O=C(Nc1sc2c(c1-c1nc(C3CC3)no1)CCC(F)C2)C1=CCCCC1.O=C(O)O. The number of carbonyl (C=O) groups is 2. The molecule has 166 valence electrons. The molecule has 1 fully saturated rings. The van der Waals surface area contributed by atoms with Crippen LogP contribution in [0.2, 0.25) is 0 Å². The molecule has 2 aromatic rings. The van der Waals surface area contributed by atoms with Crippen LogP contribution in [0.3, 0.4) is 0 Å². The predicted molar refractivity (Wildman–Crippen MR) is 112 cm³/mol. The van der Waals surface area contributed by atoms with Crippen molar-refractivity contribution in [2.75, 3.05) is 5.32 Å². The van der Waals surface area contributed by atoms with Crippen LogP contribution in [0, 0.1) is 0 Å². The number of hydrogen-bond donors (Lipinski definition) is 3. The molecule has 2 heterocycles. The van der Waals surface area contributed by atoms with Crippen molar-refractivity contribution in [1.82, 2.24) is 10.1 Å². The zero-order valence-corrected chi connectivity index (χ0v) is 17.7. The first-order chi connectivity index (χ1) is 14.9. The van der Waals surface area contributed by atoms with Crippen LogP contribution < -0.4 is 5.32 Å². The van der Waals surface area contributed by atoms with Crippen molar-refractivity contribution in [3.05, 3.63) is 27.9 Å². The molecule has 1 unspecified atom stereocenters. The molecule has 0 spiro atoms. The molecule has 3 N–H and O–H groups in total. The Morgan fingerprint density at radius 2 is 1.97 bits per heavy atom. The summed E-state index contributed by atoms with van der Waals surface area (Å²) in [6.45, 7) is 0. The number of amides is 1. The van der Waals surface area contributed by atoms with Crippen molar-refractivity contribution in [3.63, 3.8) is 0 Å². The third-order valence-corrected chi connectivity index (χ3v) is 6.78. The van der Waals surface area contributed by atoms with Gasteiger partial charge >= 0.3 is 6.16 Å². The molecule has 5 rings (SSSR count). The summed E-state index contributed by atoms with van der Waals surface area (Å²) in [5.41, 5.74) is 2.71. The first-order valence-corrected chi connectivity index (χ1v) is 11.3. The van der Waals surface area contributed by atoms with Crippen LogP contribution in [0.5, 0.6) is 0 Å². The fourth-order valence-electron chi connectivity index (χ4n) is 3.93. The maximum absolute atomic E-state index is 13.9. The monoisotopic (exact) mass is 449 g/mol. The van der Waals surface area contributed by atoms with Crippen molar-refractivity contribution in [1.29, 1.82) is 0 Å². The average Bonchev–Trinajstić information content (AvgIpc) is 3.37. The van der Waals surface area contributed by atoms with E-state index in [1.165, 1.54) is 11.3 Å². The number of rotatable bonds is 4. The largest absolute Gasteiger partial charge is 0.503 e. The van der Waals surface area contributed by atoms with E-state index in [1.807, 2.05) is 6.08 Å². The summed E-state index contributed by atoms with van der Waals surface area (Å²) in [6, 6.07) is 0. The van der Waals surface area contributed by atoms with Gasteiger partial charge in [0.15, 0.2) is 5.82 Å². The number of thiophene rings is 1. The standard InChI is InChI=1S/C20H22FN3O2S.CH2O3/c21-13-8-9-14-15(10-13)27-20(23-18(25)12-4-2-1-3-5-12)16(14)19-22-17(24-26-19)11-6-7-11;2-1(3)4/h4,11,13H,1-3,5-10H2,(H,23,25);(H2,2,3,4). The molecular formula is C21H24FN3O5S. The molecule has 0 aromatic carbocycles. The number of nitrogens with zero attached hydrogens (tertiary/aromatic N) is 2. The highest BCUT2D eigenvalue weighted by Crippen LogP contribution is 2.46. The lowest BCUT2D eigenvalue weighted by molar-refractivity contribution is -0.113. The maximum Gasteiger partial charge on any atom is 0.503 e. The highest BCUT2D eigenvalue weighted by atomic mass is 32.1. The minimum absolute atomic E-state index is 0.0618. The Bertz CT molecular complexity index is 1010. The zero-order valence-electron chi connectivity index (χ0n) is 16.9. The lowest BCUT2D eigenvalue weighted by Crippen LogP contribution is -2.16. The van der Waals surface area contributed by atoms with E-state index in [-0.39, 0.29) is 5.91 Å². The quantitative estimate of drug-likeness (QED) is 0.588. The molecule has 3 aliphatic rings. The van der Waals surface area contributed by atoms with Crippen LogP contribution in [-0.4, -0.2) is 38.6 Å². The Balaban J connectivity index is 0.000000535. The first kappa shape index (κ1) is 21.5. The fourth-order valence-corrected chi connectivity index (χ4v) is 5.23. The zero-order chi connectivity index (χ0) is 22.0. The van der Waals surface area contributed by atoms with Gasteiger partial charge in [0.2, 0.25) is 0 Å². The van der Waals surface area contributed by atoms with E-state index >= 15 is 0 Å². The van der Waals surface area contributed by atoms with Crippen LogP contribution in [-0.2, 0) is 17.6 Å². The Morgan fingerprint density at radius 3 is 2.65 bits per heavy atom. The second-order valence-electron chi connectivity index (χ2n) is 7.99. The molecule has 0 aliphatic heterocycles. The van der Waals surface area contributed by atoms with Gasteiger partial charge in [0.25, 0.3) is 11.8 Å². The molecule has 3 aliphatic carbocycles. The van der Waals surface area contributed by atoms with Crippen LogP contribution in [0.25, 0.3) is 11.5 Å². The summed E-state index contributed by atoms with van der Waals surface area (Å²) in [5, 5.41) is 21.9. The van der Waals surface area contributed by atoms with E-state index < -0.39 is 12.3 Å². The number of fused-ring (bicyclic) bond motifs is 1. The van der Waals surface area contributed by atoms with E-state index in [9.17, 15) is 9.18 Å². The molecule has 10 heteroatoms. The molecule has 1 amide bonds. The van der Waals surface area contributed by atoms with Gasteiger partial charge in [0, 0.05) is 22.8 Å². The van der Waals surface area contributed by atoms with Gasteiger partial charge in [-0.2, -0.15) is 4.98 Å². The van der Waals surface area contributed by atoms with Crippen molar-refractivity contribution < 1.29 is 28.7 Å². The van der Waals surface area contributed by atoms with E-state index in [4.69, 9.17) is 19.5 Å². The number of nitrogens with one attached hydrogen (secondary N) is 1. The third kappa shape index (κ3) is 5.12. The molecule has 1 atom stereocenters. The second kappa shape index (κ2) is 9.17. The van der Waals surface area contributed by atoms with Crippen molar-refractivity contribution >= 4 is 28.4 Å². The van der Waals surface area contributed by atoms with Crippen molar-refractivity contribution in [2.24, 2.45) is 0 Å². The molecule has 1 saturated carbocycles. The molecule has 2 aromatic heterocycles. The molecule has 0 saturated heterocycles. The Morgan fingerprint density at radius 1 is 1.19 bits per heavy atom. The average molecular weight is 450 g/mol. The summed E-state index contributed by atoms with van der Waals surface area (Å²) in [5.74, 6) is 1.54. The Hall–Kier alpha value is -2.75. The summed E-state index contributed by atoms with van der Waals surface area (Å²) in [6.07, 6.45) is 7.06. The van der Waals surface area contributed by atoms with Gasteiger partial charge < -0.3 is 20.1 Å². The van der Waals surface area contributed by atoms with Crippen LogP contribution >= 0.6 is 11.3 Å². The van der Waals surface area contributed by atoms with E-state index in [2.05, 4.69) is 15.5 Å². The second-order valence-corrected chi connectivity index (χ2v) is 9.10. The Kier molecular flexibility index (Phi) is 6.35. The van der Waals surface area contributed by atoms with Gasteiger partial charge in [0.05, 0.1) is 5.56 Å². The predicted octanol–water partition coefficient (Wildman–Crippen LogP) is 5.16. The number of hydrogen-bond acceptors (Lipinski definition) is 6. The van der Waals surface area contributed by atoms with Gasteiger partial charge in [-0.3, -0.25) is 4.79 Å². The smallest absolute Gasteiger partial charge is 0.450 e. The minimum Gasteiger partial charge on any atom is -0.450 e. The normalized spacial score (nSPS) is 20.2. The summed E-state index contributed by atoms with van der Waals surface area (Å²) in [7, 11) is 0. The van der Waals surface area contributed by atoms with Crippen molar-refractivity contribution in [2.45, 2.75) is 69.9 Å². The minimum atomic E-state index is -1.83. The summed E-state index contributed by atoms with van der Waals surface area (Å²) in [4.78, 5) is 26.9. The third-order valence-electron chi connectivity index (χ3n) is 5.61. The van der Waals surface area contributed by atoms with Crippen molar-refractivity contribution in [3.8, 4) is 11.5 Å². The molecule has 31 heavy (non-hydrogen) atoms. The number of halogens is 1. The molecule has 8 nitrogen and oxygen atoms in total. The number of aromatic nitrogens is 2. The highest BCUT2D eigenvalue weighted by Gasteiger charge is 2.33. The fraction of sp³-hybridized carbons (Fsp3) is 0.524. The van der Waals surface area contributed by atoms with Gasteiger partial charge in [-0.15, -0.1) is 11.3 Å². The Labute approximate surface area is 182 Å². The number of anilines is 1. The van der Waals surface area contributed by atoms with Gasteiger partial charge in [0.1, 0.15) is 11.2 Å². The number of alkyl halides is 1. The van der Waals surface area contributed by atoms with E-state index in [1.54, 1.807) is 0 Å². The van der Waals surface area contributed by atoms with Crippen LogP contribution in [0.4, 0.5) is 14.2 Å². The molecular weight excluding hydrogens is 425 g/mol. The van der Waals surface area contributed by atoms with Gasteiger partial charge in [-0.1, -0.05) is 11.2 Å². The van der Waals surface area contributed by atoms with Gasteiger partial charge in [-0.05, 0) is 56.9 Å². The lowest BCUT2D eigenvalue weighted by atomic mass is 9.94. The van der Waals surface area contributed by atoms with Crippen LogP contribution in [0.1, 0.15) is 67.1 Å². The highest BCUT2D eigenvalue weighted by molar-refractivity contribution is 7.17. The maximum atomic E-state index is 13.9. The van der Waals surface area contributed by atoms with E-state index in [0.29, 0.717) is 31.1 Å². The number of carbonyl (C=O) groups excluding carboxylic acids is 1. The van der Waals surface area contributed by atoms with Crippen LogP contribution in [0.15, 0.2) is 16.2 Å².